The zero-order valence-corrected chi connectivity index (χ0v) is 13.8. The van der Waals surface area contributed by atoms with Crippen molar-refractivity contribution in [1.29, 1.82) is 0 Å². The molecule has 0 saturated carbocycles. The van der Waals surface area contributed by atoms with Gasteiger partial charge in [-0.2, -0.15) is 11.3 Å². The number of hydrogen-bond donors (Lipinski definition) is 2. The van der Waals surface area contributed by atoms with Crippen molar-refractivity contribution in [1.82, 2.24) is 10.3 Å². The lowest BCUT2D eigenvalue weighted by Gasteiger charge is -2.11. The summed E-state index contributed by atoms with van der Waals surface area (Å²) in [5.74, 6) is 0. The van der Waals surface area contributed by atoms with Gasteiger partial charge in [-0.1, -0.05) is 25.1 Å². The van der Waals surface area contributed by atoms with E-state index in [1.165, 1.54) is 5.56 Å². The number of hydrogen-bond acceptors (Lipinski definition) is 3. The van der Waals surface area contributed by atoms with Crippen molar-refractivity contribution < 1.29 is 4.79 Å². The second kappa shape index (κ2) is 7.24. The molecular weight excluding hydrogens is 306 g/mol. The van der Waals surface area contributed by atoms with E-state index in [0.717, 1.165) is 35.1 Å². The van der Waals surface area contributed by atoms with Crippen LogP contribution < -0.4 is 10.6 Å². The van der Waals surface area contributed by atoms with E-state index in [0.29, 0.717) is 6.54 Å². The molecule has 2 heterocycles. The molecular formula is C18H19N3OS. The minimum Gasteiger partial charge on any atom is -0.338 e. The van der Waals surface area contributed by atoms with Crippen LogP contribution in [0.5, 0.6) is 0 Å². The lowest BCUT2D eigenvalue weighted by molar-refractivity contribution is 0.252. The summed E-state index contributed by atoms with van der Waals surface area (Å²) in [7, 11) is 0. The van der Waals surface area contributed by atoms with E-state index >= 15 is 0 Å². The SMILES string of the molecule is CCc1cc(NC(=O)NCCc2ccsc2)c2ccccc2n1. The van der Waals surface area contributed by atoms with Crippen molar-refractivity contribution in [2.24, 2.45) is 0 Å². The summed E-state index contributed by atoms with van der Waals surface area (Å²) in [6, 6.07) is 11.7. The maximum absolute atomic E-state index is 12.1. The highest BCUT2D eigenvalue weighted by molar-refractivity contribution is 7.07. The number of carbonyl (C=O) groups is 1. The first kappa shape index (κ1) is 15.5. The van der Waals surface area contributed by atoms with Crippen LogP contribution in [-0.2, 0) is 12.8 Å². The molecule has 0 aliphatic heterocycles. The first-order valence-electron chi connectivity index (χ1n) is 7.71. The number of amides is 2. The highest BCUT2D eigenvalue weighted by atomic mass is 32.1. The van der Waals surface area contributed by atoms with Crippen molar-refractivity contribution in [2.75, 3.05) is 11.9 Å². The normalized spacial score (nSPS) is 10.7. The molecule has 0 saturated heterocycles. The summed E-state index contributed by atoms with van der Waals surface area (Å²) in [5.41, 5.74) is 3.93. The Hall–Kier alpha value is -2.40. The molecule has 118 valence electrons. The maximum Gasteiger partial charge on any atom is 0.319 e. The summed E-state index contributed by atoms with van der Waals surface area (Å²) in [4.78, 5) is 16.7. The van der Waals surface area contributed by atoms with Crippen LogP contribution in [-0.4, -0.2) is 17.6 Å². The summed E-state index contributed by atoms with van der Waals surface area (Å²) >= 11 is 1.67. The van der Waals surface area contributed by atoms with Gasteiger partial charge in [-0.15, -0.1) is 0 Å². The topological polar surface area (TPSA) is 54.0 Å². The van der Waals surface area contributed by atoms with Gasteiger partial charge in [0.25, 0.3) is 0 Å². The molecule has 2 amide bonds. The smallest absolute Gasteiger partial charge is 0.319 e. The zero-order chi connectivity index (χ0) is 16.1. The van der Waals surface area contributed by atoms with Crippen LogP contribution in [0.1, 0.15) is 18.2 Å². The van der Waals surface area contributed by atoms with Crippen LogP contribution >= 0.6 is 11.3 Å². The van der Waals surface area contributed by atoms with Crippen molar-refractivity contribution in [3.63, 3.8) is 0 Å². The van der Waals surface area contributed by atoms with Gasteiger partial charge in [0.05, 0.1) is 11.2 Å². The fourth-order valence-corrected chi connectivity index (χ4v) is 3.14. The number of fused-ring (bicyclic) bond motifs is 1. The Morgan fingerprint density at radius 2 is 2.13 bits per heavy atom. The van der Waals surface area contributed by atoms with Gasteiger partial charge >= 0.3 is 6.03 Å². The summed E-state index contributed by atoms with van der Waals surface area (Å²) in [6.07, 6.45) is 1.67. The largest absolute Gasteiger partial charge is 0.338 e. The van der Waals surface area contributed by atoms with Gasteiger partial charge in [0.15, 0.2) is 0 Å². The van der Waals surface area contributed by atoms with Gasteiger partial charge < -0.3 is 10.6 Å². The lowest BCUT2D eigenvalue weighted by atomic mass is 10.1. The van der Waals surface area contributed by atoms with Crippen LogP contribution in [0.15, 0.2) is 47.2 Å². The van der Waals surface area contributed by atoms with Crippen LogP contribution in [0.25, 0.3) is 10.9 Å². The van der Waals surface area contributed by atoms with Gasteiger partial charge in [-0.3, -0.25) is 4.98 Å². The van der Waals surface area contributed by atoms with E-state index < -0.39 is 0 Å². The summed E-state index contributed by atoms with van der Waals surface area (Å²) in [6.45, 7) is 2.67. The minimum absolute atomic E-state index is 0.182. The molecule has 0 bridgehead atoms. The average Bonchev–Trinajstić information content (AvgIpc) is 3.08. The molecule has 0 aliphatic carbocycles. The van der Waals surface area contributed by atoms with Crippen molar-refractivity contribution in [3.8, 4) is 0 Å². The predicted octanol–water partition coefficient (Wildman–Crippen LogP) is 4.22. The Balaban J connectivity index is 1.69. The van der Waals surface area contributed by atoms with Gasteiger partial charge in [-0.05, 0) is 47.4 Å². The Bertz CT molecular complexity index is 799. The number of thiophene rings is 1. The Morgan fingerprint density at radius 3 is 2.91 bits per heavy atom. The molecule has 0 spiro atoms. The number of rotatable bonds is 5. The number of nitrogens with zero attached hydrogens (tertiary/aromatic N) is 1. The number of urea groups is 1. The number of aryl methyl sites for hydroxylation is 1. The van der Waals surface area contributed by atoms with E-state index in [-0.39, 0.29) is 6.03 Å². The summed E-state index contributed by atoms with van der Waals surface area (Å²) < 4.78 is 0. The Labute approximate surface area is 139 Å². The van der Waals surface area contributed by atoms with E-state index in [2.05, 4.69) is 34.0 Å². The summed E-state index contributed by atoms with van der Waals surface area (Å²) in [5, 5.41) is 11.0. The second-order valence-electron chi connectivity index (χ2n) is 5.29. The lowest BCUT2D eigenvalue weighted by Crippen LogP contribution is -2.30. The van der Waals surface area contributed by atoms with Gasteiger partial charge in [-0.25, -0.2) is 4.79 Å². The Morgan fingerprint density at radius 1 is 1.26 bits per heavy atom. The third kappa shape index (κ3) is 3.87. The first-order chi connectivity index (χ1) is 11.3. The number of anilines is 1. The highest BCUT2D eigenvalue weighted by Crippen LogP contribution is 2.23. The minimum atomic E-state index is -0.182. The molecule has 23 heavy (non-hydrogen) atoms. The Kier molecular flexibility index (Phi) is 4.88. The van der Waals surface area contributed by atoms with Crippen molar-refractivity contribution in [3.05, 3.63) is 58.4 Å². The molecule has 3 aromatic rings. The van der Waals surface area contributed by atoms with Crippen LogP contribution in [0, 0.1) is 0 Å². The number of pyridine rings is 1. The monoisotopic (exact) mass is 325 g/mol. The van der Waals surface area contributed by atoms with Crippen LogP contribution in [0.2, 0.25) is 0 Å². The third-order valence-corrected chi connectivity index (χ3v) is 4.39. The molecule has 1 aromatic carbocycles. The molecule has 0 atom stereocenters. The van der Waals surface area contributed by atoms with E-state index in [1.807, 2.05) is 35.7 Å². The quantitative estimate of drug-likeness (QED) is 0.738. The number of para-hydroxylation sites is 1. The number of nitrogens with one attached hydrogen (secondary N) is 2. The van der Waals surface area contributed by atoms with E-state index in [4.69, 9.17) is 0 Å². The van der Waals surface area contributed by atoms with Gasteiger partial charge in [0.1, 0.15) is 0 Å². The fourth-order valence-electron chi connectivity index (χ4n) is 2.44. The molecule has 2 aromatic heterocycles. The molecule has 3 rings (SSSR count). The zero-order valence-electron chi connectivity index (χ0n) is 13.0. The van der Waals surface area contributed by atoms with Crippen molar-refractivity contribution >= 4 is 34.0 Å². The van der Waals surface area contributed by atoms with Gasteiger partial charge in [0.2, 0.25) is 0 Å². The number of benzene rings is 1. The molecule has 0 unspecified atom stereocenters. The molecule has 5 heteroatoms. The van der Waals surface area contributed by atoms with E-state index in [1.54, 1.807) is 11.3 Å². The highest BCUT2D eigenvalue weighted by Gasteiger charge is 2.08. The average molecular weight is 325 g/mol. The first-order valence-corrected chi connectivity index (χ1v) is 8.65. The van der Waals surface area contributed by atoms with Crippen LogP contribution in [0.3, 0.4) is 0 Å². The predicted molar refractivity (Wildman–Crippen MR) is 96.2 cm³/mol. The molecule has 4 nitrogen and oxygen atoms in total. The van der Waals surface area contributed by atoms with Gasteiger partial charge in [0, 0.05) is 17.6 Å². The van der Waals surface area contributed by atoms with Crippen LogP contribution in [0.4, 0.5) is 10.5 Å². The third-order valence-electron chi connectivity index (χ3n) is 3.66. The molecule has 0 fully saturated rings. The van der Waals surface area contributed by atoms with Crippen molar-refractivity contribution in [2.45, 2.75) is 19.8 Å². The molecule has 0 radical (unpaired) electrons. The maximum atomic E-state index is 12.1. The van der Waals surface area contributed by atoms with E-state index in [9.17, 15) is 4.79 Å². The number of aromatic nitrogens is 1. The fraction of sp³-hybridized carbons (Fsp3) is 0.222. The number of carbonyl (C=O) groups excluding carboxylic acids is 1. The second-order valence-corrected chi connectivity index (χ2v) is 6.07. The standard InChI is InChI=1S/C18H19N3OS/c1-2-14-11-17(15-5-3-4-6-16(15)20-14)21-18(22)19-9-7-13-8-10-23-12-13/h3-6,8,10-12H,2,7,9H2,1H3,(H2,19,20,21,22). The molecule has 2 N–H and O–H groups in total. The molecule has 0 aliphatic rings.